The monoisotopic (exact) mass is 331 g/mol. The minimum Gasteiger partial charge on any atom is -0.493 e. The summed E-state index contributed by atoms with van der Waals surface area (Å²) in [4.78, 5) is 12.6. The Bertz CT molecular complexity index is 698. The van der Waals surface area contributed by atoms with Crippen molar-refractivity contribution < 1.29 is 18.7 Å². The average Bonchev–Trinajstić information content (AvgIpc) is 2.59. The molecule has 24 heavy (non-hydrogen) atoms. The first-order chi connectivity index (χ1) is 11.5. The molecule has 128 valence electrons. The third-order valence-electron chi connectivity index (χ3n) is 3.83. The summed E-state index contributed by atoms with van der Waals surface area (Å²) < 4.78 is 23.5. The number of amides is 1. The van der Waals surface area contributed by atoms with Gasteiger partial charge in [-0.05, 0) is 41.8 Å². The Morgan fingerprint density at radius 3 is 2.17 bits per heavy atom. The molecule has 0 aliphatic rings. The van der Waals surface area contributed by atoms with Crippen molar-refractivity contribution >= 4 is 5.91 Å². The Morgan fingerprint density at radius 2 is 1.62 bits per heavy atom. The van der Waals surface area contributed by atoms with E-state index in [2.05, 4.69) is 5.32 Å². The van der Waals surface area contributed by atoms with Gasteiger partial charge in [-0.2, -0.15) is 0 Å². The molecule has 1 amide bonds. The van der Waals surface area contributed by atoms with Gasteiger partial charge in [0.1, 0.15) is 5.82 Å². The molecule has 0 saturated heterocycles. The maximum Gasteiger partial charge on any atom is 0.251 e. The summed E-state index contributed by atoms with van der Waals surface area (Å²) in [6, 6.07) is 11.0. The van der Waals surface area contributed by atoms with Gasteiger partial charge >= 0.3 is 0 Å². The quantitative estimate of drug-likeness (QED) is 0.871. The number of halogens is 1. The normalized spacial score (nSPS) is 11.9. The topological polar surface area (TPSA) is 47.6 Å². The zero-order valence-corrected chi connectivity index (χ0v) is 14.3. The third kappa shape index (κ3) is 4.04. The number of hydrogen-bond acceptors (Lipinski definition) is 3. The third-order valence-corrected chi connectivity index (χ3v) is 3.83. The van der Waals surface area contributed by atoms with E-state index in [0.717, 1.165) is 5.56 Å². The molecule has 1 atom stereocenters. The fourth-order valence-corrected chi connectivity index (χ4v) is 2.51. The van der Waals surface area contributed by atoms with Gasteiger partial charge in [0.15, 0.2) is 11.5 Å². The summed E-state index contributed by atoms with van der Waals surface area (Å²) in [6.07, 6.45) is 0. The number of carbonyl (C=O) groups excluding carboxylic acids is 1. The molecule has 0 aliphatic heterocycles. The van der Waals surface area contributed by atoms with E-state index in [0.29, 0.717) is 17.1 Å². The summed E-state index contributed by atoms with van der Waals surface area (Å²) in [5.74, 6) is 0.687. The summed E-state index contributed by atoms with van der Waals surface area (Å²) in [6.45, 7) is 4.01. The van der Waals surface area contributed by atoms with Crippen LogP contribution in [0.3, 0.4) is 0 Å². The first-order valence-electron chi connectivity index (χ1n) is 7.74. The van der Waals surface area contributed by atoms with E-state index < -0.39 is 0 Å². The number of methoxy groups -OCH3 is 2. The van der Waals surface area contributed by atoms with E-state index in [1.54, 1.807) is 37.4 Å². The van der Waals surface area contributed by atoms with E-state index in [9.17, 15) is 9.18 Å². The first kappa shape index (κ1) is 17.8. The van der Waals surface area contributed by atoms with Crippen LogP contribution in [0.25, 0.3) is 0 Å². The molecule has 0 saturated carbocycles. The molecule has 0 radical (unpaired) electrons. The molecule has 0 aromatic heterocycles. The molecule has 2 aromatic rings. The van der Waals surface area contributed by atoms with Gasteiger partial charge in [-0.15, -0.1) is 0 Å². The molecule has 1 N–H and O–H groups in total. The van der Waals surface area contributed by atoms with Crippen molar-refractivity contribution in [2.45, 2.75) is 19.9 Å². The standard InChI is InChI=1S/C19H22FNO3/c1-12(2)18(13-5-8-15(20)9-6-13)21-19(22)14-7-10-16(23-3)17(11-14)24-4/h5-12,18H,1-4H3,(H,21,22). The van der Waals surface area contributed by atoms with Gasteiger partial charge in [-0.1, -0.05) is 26.0 Å². The van der Waals surface area contributed by atoms with E-state index in [1.807, 2.05) is 13.8 Å². The molecule has 2 aromatic carbocycles. The van der Waals surface area contributed by atoms with Crippen molar-refractivity contribution in [3.8, 4) is 11.5 Å². The van der Waals surface area contributed by atoms with Crippen LogP contribution in [0.1, 0.15) is 35.8 Å². The van der Waals surface area contributed by atoms with Crippen LogP contribution in [0.4, 0.5) is 4.39 Å². The van der Waals surface area contributed by atoms with Crippen molar-refractivity contribution in [1.29, 1.82) is 0 Å². The van der Waals surface area contributed by atoms with Gasteiger partial charge in [-0.3, -0.25) is 4.79 Å². The lowest BCUT2D eigenvalue weighted by molar-refractivity contribution is 0.0925. The largest absolute Gasteiger partial charge is 0.493 e. The van der Waals surface area contributed by atoms with E-state index in [4.69, 9.17) is 9.47 Å². The number of carbonyl (C=O) groups is 1. The van der Waals surface area contributed by atoms with E-state index in [1.165, 1.54) is 19.2 Å². The molecule has 4 nitrogen and oxygen atoms in total. The summed E-state index contributed by atoms with van der Waals surface area (Å²) in [5, 5.41) is 3.00. The second-order valence-electron chi connectivity index (χ2n) is 5.82. The van der Waals surface area contributed by atoms with Crippen LogP contribution >= 0.6 is 0 Å². The molecule has 0 spiro atoms. The highest BCUT2D eigenvalue weighted by atomic mass is 19.1. The van der Waals surface area contributed by atoms with Crippen molar-refractivity contribution in [2.75, 3.05) is 14.2 Å². The molecule has 0 bridgehead atoms. The molecule has 5 heteroatoms. The predicted molar refractivity (Wildman–Crippen MR) is 91.0 cm³/mol. The van der Waals surface area contributed by atoms with Crippen LogP contribution in [-0.2, 0) is 0 Å². The van der Waals surface area contributed by atoms with Gasteiger partial charge < -0.3 is 14.8 Å². The Hall–Kier alpha value is -2.56. The lowest BCUT2D eigenvalue weighted by atomic mass is 9.95. The van der Waals surface area contributed by atoms with Crippen LogP contribution in [0.2, 0.25) is 0 Å². The summed E-state index contributed by atoms with van der Waals surface area (Å²) in [5.41, 5.74) is 1.33. The van der Waals surface area contributed by atoms with Gasteiger partial charge in [0.25, 0.3) is 5.91 Å². The van der Waals surface area contributed by atoms with Crippen molar-refractivity contribution in [2.24, 2.45) is 5.92 Å². The van der Waals surface area contributed by atoms with E-state index in [-0.39, 0.29) is 23.7 Å². The fourth-order valence-electron chi connectivity index (χ4n) is 2.51. The lowest BCUT2D eigenvalue weighted by Crippen LogP contribution is -2.31. The Balaban J connectivity index is 2.23. The van der Waals surface area contributed by atoms with Gasteiger partial charge in [0, 0.05) is 5.56 Å². The molecular weight excluding hydrogens is 309 g/mol. The molecule has 0 fully saturated rings. The van der Waals surface area contributed by atoms with Gasteiger partial charge in [-0.25, -0.2) is 4.39 Å². The minimum absolute atomic E-state index is 0.152. The molecule has 2 rings (SSSR count). The van der Waals surface area contributed by atoms with E-state index >= 15 is 0 Å². The Labute approximate surface area is 141 Å². The zero-order valence-electron chi connectivity index (χ0n) is 14.3. The minimum atomic E-state index is -0.299. The van der Waals surface area contributed by atoms with Crippen molar-refractivity contribution in [1.82, 2.24) is 5.32 Å². The predicted octanol–water partition coefficient (Wildman–Crippen LogP) is 3.97. The number of ether oxygens (including phenoxy) is 2. The van der Waals surface area contributed by atoms with Crippen LogP contribution in [-0.4, -0.2) is 20.1 Å². The Kier molecular flexibility index (Phi) is 5.79. The number of nitrogens with one attached hydrogen (secondary N) is 1. The maximum absolute atomic E-state index is 13.1. The first-order valence-corrected chi connectivity index (χ1v) is 7.74. The summed E-state index contributed by atoms with van der Waals surface area (Å²) >= 11 is 0. The number of rotatable bonds is 6. The smallest absolute Gasteiger partial charge is 0.251 e. The number of hydrogen-bond donors (Lipinski definition) is 1. The van der Waals surface area contributed by atoms with Crippen LogP contribution in [0.5, 0.6) is 11.5 Å². The SMILES string of the molecule is COc1ccc(C(=O)NC(c2ccc(F)cc2)C(C)C)cc1OC. The van der Waals surface area contributed by atoms with Gasteiger partial charge in [0.05, 0.1) is 20.3 Å². The average molecular weight is 331 g/mol. The molecule has 0 aliphatic carbocycles. The maximum atomic E-state index is 13.1. The van der Waals surface area contributed by atoms with Crippen molar-refractivity contribution in [3.05, 3.63) is 59.4 Å². The summed E-state index contributed by atoms with van der Waals surface area (Å²) in [7, 11) is 3.07. The van der Waals surface area contributed by atoms with Crippen molar-refractivity contribution in [3.63, 3.8) is 0 Å². The molecule has 0 heterocycles. The second kappa shape index (κ2) is 7.81. The number of benzene rings is 2. The van der Waals surface area contributed by atoms with Crippen LogP contribution < -0.4 is 14.8 Å². The Morgan fingerprint density at radius 1 is 1.00 bits per heavy atom. The highest BCUT2D eigenvalue weighted by molar-refractivity contribution is 5.95. The second-order valence-corrected chi connectivity index (χ2v) is 5.82. The molecular formula is C19H22FNO3. The lowest BCUT2D eigenvalue weighted by Gasteiger charge is -2.23. The van der Waals surface area contributed by atoms with Crippen LogP contribution in [0.15, 0.2) is 42.5 Å². The molecule has 1 unspecified atom stereocenters. The van der Waals surface area contributed by atoms with Gasteiger partial charge in [0.2, 0.25) is 0 Å². The van der Waals surface area contributed by atoms with Crippen LogP contribution in [0, 0.1) is 11.7 Å². The fraction of sp³-hybridized carbons (Fsp3) is 0.316. The zero-order chi connectivity index (χ0) is 17.7. The highest BCUT2D eigenvalue weighted by Gasteiger charge is 2.20. The highest BCUT2D eigenvalue weighted by Crippen LogP contribution is 2.28.